The molecular weight excluding hydrogens is 410 g/mol. The largest absolute Gasteiger partial charge is 0.508 e. The number of phenolic OH excluding ortho intramolecular Hbond substituents is 2. The third-order valence-electron chi connectivity index (χ3n) is 5.15. The molecule has 1 spiro atoms. The maximum absolute atomic E-state index is 12.9. The third kappa shape index (κ3) is 2.46. The first kappa shape index (κ1) is 18.3. The Morgan fingerprint density at radius 3 is 2.13 bits per heavy atom. The highest BCUT2D eigenvalue weighted by Gasteiger charge is 2.53. The Morgan fingerprint density at radius 2 is 1.53 bits per heavy atom. The van der Waals surface area contributed by atoms with Crippen LogP contribution in [0.5, 0.6) is 23.0 Å². The Morgan fingerprint density at radius 1 is 0.933 bits per heavy atom. The van der Waals surface area contributed by atoms with Gasteiger partial charge in [0.05, 0.1) is 11.1 Å². The number of nitrogens with one attached hydrogen (secondary N) is 1. The number of benzene rings is 3. The monoisotopic (exact) mass is 423 g/mol. The van der Waals surface area contributed by atoms with Gasteiger partial charge in [-0.2, -0.15) is 0 Å². The summed E-state index contributed by atoms with van der Waals surface area (Å²) in [5.41, 5.74) is 0.429. The highest BCUT2D eigenvalue weighted by molar-refractivity contribution is 7.77. The van der Waals surface area contributed by atoms with Crippen LogP contribution in [0.4, 0.5) is 0 Å². The predicted octanol–water partition coefficient (Wildman–Crippen LogP) is 3.17. The summed E-state index contributed by atoms with van der Waals surface area (Å²) in [6.45, 7) is 0. The third-order valence-corrected chi connectivity index (χ3v) is 5.24. The van der Waals surface area contributed by atoms with Gasteiger partial charge in [0.25, 0.3) is 0 Å². The summed E-state index contributed by atoms with van der Waals surface area (Å²) >= 11 is 3.63. The minimum absolute atomic E-state index is 0.0330. The molecule has 2 heterocycles. The average molecular weight is 423 g/mol. The van der Waals surface area contributed by atoms with Crippen LogP contribution in [0, 0.1) is 0 Å². The number of hydrogen-bond donors (Lipinski definition) is 4. The van der Waals surface area contributed by atoms with Gasteiger partial charge in [0.2, 0.25) is 0 Å². The van der Waals surface area contributed by atoms with E-state index in [0.29, 0.717) is 16.7 Å². The van der Waals surface area contributed by atoms with Crippen molar-refractivity contribution in [2.24, 2.45) is 0 Å². The number of carbonyl (C=O) groups is 2. The summed E-state index contributed by atoms with van der Waals surface area (Å²) < 4.78 is 11.8. The van der Waals surface area contributed by atoms with Gasteiger partial charge in [-0.25, -0.2) is 9.59 Å². The van der Waals surface area contributed by atoms with E-state index in [1.54, 1.807) is 18.2 Å². The molecule has 0 aromatic heterocycles. The molecule has 0 unspecified atom stereocenters. The highest BCUT2D eigenvalue weighted by Crippen LogP contribution is 2.57. The van der Waals surface area contributed by atoms with Gasteiger partial charge in [-0.3, -0.25) is 0 Å². The normalized spacial score (nSPS) is 14.9. The maximum atomic E-state index is 12.9. The van der Waals surface area contributed by atoms with Crippen LogP contribution in [0.1, 0.15) is 37.4 Å². The van der Waals surface area contributed by atoms with Gasteiger partial charge in [0, 0.05) is 28.8 Å². The number of esters is 1. The van der Waals surface area contributed by atoms with Crippen LogP contribution in [-0.4, -0.2) is 22.2 Å². The first-order valence-electron chi connectivity index (χ1n) is 8.77. The Balaban J connectivity index is 1.79. The molecule has 0 bridgehead atoms. The van der Waals surface area contributed by atoms with Crippen LogP contribution >= 0.6 is 12.8 Å². The molecule has 3 N–H and O–H groups in total. The number of rotatable bonds is 2. The summed E-state index contributed by atoms with van der Waals surface area (Å²) in [7, 11) is 0. The molecule has 0 saturated carbocycles. The molecular formula is C21H13NO7S. The van der Waals surface area contributed by atoms with Crippen molar-refractivity contribution in [1.29, 1.82) is 0 Å². The van der Waals surface area contributed by atoms with Crippen LogP contribution in [0.25, 0.3) is 0 Å². The Labute approximate surface area is 175 Å². The zero-order valence-electron chi connectivity index (χ0n) is 15.1. The lowest BCUT2D eigenvalue weighted by Crippen LogP contribution is -2.32. The summed E-state index contributed by atoms with van der Waals surface area (Å²) in [5.74, 6) is -0.876. The fourth-order valence-corrected chi connectivity index (χ4v) is 4.02. The molecule has 0 amide bonds. The van der Waals surface area contributed by atoms with E-state index in [1.165, 1.54) is 36.4 Å². The van der Waals surface area contributed by atoms with Crippen molar-refractivity contribution in [3.8, 4) is 23.0 Å². The molecule has 2 aliphatic rings. The molecule has 8 nitrogen and oxygen atoms in total. The molecule has 0 saturated heterocycles. The smallest absolute Gasteiger partial charge is 0.357 e. The van der Waals surface area contributed by atoms with Gasteiger partial charge < -0.3 is 24.5 Å². The van der Waals surface area contributed by atoms with E-state index in [2.05, 4.69) is 17.7 Å². The van der Waals surface area contributed by atoms with E-state index in [-0.39, 0.29) is 34.1 Å². The fraction of sp³-hybridized carbons (Fsp3) is 0.0476. The molecule has 30 heavy (non-hydrogen) atoms. The number of phenols is 2. The summed E-state index contributed by atoms with van der Waals surface area (Å²) in [6, 6.07) is 13.4. The molecule has 0 aliphatic carbocycles. The second kappa shape index (κ2) is 6.41. The van der Waals surface area contributed by atoms with Crippen molar-refractivity contribution in [1.82, 2.24) is 4.89 Å². The molecule has 9 heteroatoms. The Hall–Kier alpha value is -3.69. The van der Waals surface area contributed by atoms with Gasteiger partial charge in [-0.05, 0) is 36.4 Å². The first-order valence-corrected chi connectivity index (χ1v) is 9.22. The first-order chi connectivity index (χ1) is 14.4. The highest BCUT2D eigenvalue weighted by atomic mass is 32.1. The van der Waals surface area contributed by atoms with Crippen LogP contribution < -0.4 is 9.62 Å². The SMILES string of the molecule is O=C(ONS)c1ccc2c(c1)C(=O)OC21c2ccc(O)cc2Oc2cc(O)ccc21. The van der Waals surface area contributed by atoms with Crippen molar-refractivity contribution in [3.63, 3.8) is 0 Å². The van der Waals surface area contributed by atoms with Crippen molar-refractivity contribution in [3.05, 3.63) is 82.4 Å². The Kier molecular flexibility index (Phi) is 3.92. The zero-order chi connectivity index (χ0) is 21.0. The van der Waals surface area contributed by atoms with E-state index in [9.17, 15) is 19.8 Å². The van der Waals surface area contributed by atoms with E-state index in [4.69, 9.17) is 9.47 Å². The molecule has 5 rings (SSSR count). The maximum Gasteiger partial charge on any atom is 0.357 e. The predicted molar refractivity (Wildman–Crippen MR) is 106 cm³/mol. The van der Waals surface area contributed by atoms with Crippen LogP contribution in [-0.2, 0) is 15.2 Å². The van der Waals surface area contributed by atoms with Gasteiger partial charge in [0.15, 0.2) is 5.60 Å². The van der Waals surface area contributed by atoms with Crippen molar-refractivity contribution >= 4 is 24.8 Å². The van der Waals surface area contributed by atoms with Gasteiger partial charge in [-0.1, -0.05) is 23.8 Å². The Bertz CT molecular complexity index is 1190. The average Bonchev–Trinajstić information content (AvgIpc) is 3.00. The number of fused-ring (bicyclic) bond motifs is 6. The van der Waals surface area contributed by atoms with E-state index in [1.807, 2.05) is 4.89 Å². The second-order valence-corrected chi connectivity index (χ2v) is 6.96. The lowest BCUT2D eigenvalue weighted by molar-refractivity contribution is 0.0224. The summed E-state index contributed by atoms with van der Waals surface area (Å²) in [6.07, 6.45) is 0. The second-order valence-electron chi connectivity index (χ2n) is 6.77. The van der Waals surface area contributed by atoms with E-state index >= 15 is 0 Å². The summed E-state index contributed by atoms with van der Waals surface area (Å²) in [5, 5.41) is 19.8. The molecule has 0 fully saturated rings. The number of thiol groups is 1. The van der Waals surface area contributed by atoms with Crippen LogP contribution in [0.15, 0.2) is 54.6 Å². The number of carbonyl (C=O) groups excluding carboxylic acids is 2. The van der Waals surface area contributed by atoms with Gasteiger partial charge >= 0.3 is 11.9 Å². The molecule has 3 aromatic rings. The molecule has 2 aliphatic heterocycles. The molecule has 150 valence electrons. The van der Waals surface area contributed by atoms with Crippen molar-refractivity contribution in [2.45, 2.75) is 5.60 Å². The number of aromatic hydroxyl groups is 2. The summed E-state index contributed by atoms with van der Waals surface area (Å²) in [4.78, 5) is 31.6. The van der Waals surface area contributed by atoms with Crippen LogP contribution in [0.2, 0.25) is 0 Å². The minimum atomic E-state index is -1.37. The quantitative estimate of drug-likeness (QED) is 0.282. The van der Waals surface area contributed by atoms with Crippen LogP contribution in [0.3, 0.4) is 0 Å². The molecule has 3 aromatic carbocycles. The topological polar surface area (TPSA) is 114 Å². The minimum Gasteiger partial charge on any atom is -0.508 e. The fourth-order valence-electron chi connectivity index (χ4n) is 3.93. The number of ether oxygens (including phenoxy) is 2. The van der Waals surface area contributed by atoms with Gasteiger partial charge in [0.1, 0.15) is 23.0 Å². The van der Waals surface area contributed by atoms with Gasteiger partial charge in [-0.15, -0.1) is 0 Å². The lowest BCUT2D eigenvalue weighted by Gasteiger charge is -2.36. The van der Waals surface area contributed by atoms with E-state index < -0.39 is 17.5 Å². The van der Waals surface area contributed by atoms with E-state index in [0.717, 1.165) is 0 Å². The lowest BCUT2D eigenvalue weighted by atomic mass is 9.77. The standard InChI is InChI=1S/C21H13NO7S/c23-11-2-5-15-17(8-11)27-18-9-12(24)3-6-16(18)21(15)14-4-1-10(19(25)29-22-30)7-13(14)20(26)28-21/h1-9,22-24,30H. The van der Waals surface area contributed by atoms with Crippen molar-refractivity contribution in [2.75, 3.05) is 0 Å². The number of hydrogen-bond acceptors (Lipinski definition) is 9. The zero-order valence-corrected chi connectivity index (χ0v) is 16.0. The van der Waals surface area contributed by atoms with Crippen molar-refractivity contribution < 1.29 is 34.1 Å². The molecule has 0 atom stereocenters. The molecule has 0 radical (unpaired) electrons.